The van der Waals surface area contributed by atoms with Gasteiger partial charge >= 0.3 is 0 Å². The lowest BCUT2D eigenvalue weighted by molar-refractivity contribution is -0.121. The maximum atomic E-state index is 11.6. The molecule has 0 saturated carbocycles. The van der Waals surface area contributed by atoms with E-state index in [9.17, 15) is 4.79 Å². The summed E-state index contributed by atoms with van der Waals surface area (Å²) in [7, 11) is 1.64. The minimum Gasteiger partial charge on any atom is -0.383 e. The number of nitrogens with one attached hydrogen (secondary N) is 2. The van der Waals surface area contributed by atoms with Crippen LogP contribution in [-0.4, -0.2) is 62.8 Å². The van der Waals surface area contributed by atoms with Crippen molar-refractivity contribution >= 4 is 5.91 Å². The number of ether oxygens (including phenoxy) is 1. The molecule has 2 rings (SSSR count). The van der Waals surface area contributed by atoms with Crippen LogP contribution in [0.1, 0.15) is 32.1 Å². The van der Waals surface area contributed by atoms with E-state index in [1.807, 2.05) is 0 Å². The van der Waals surface area contributed by atoms with E-state index in [-0.39, 0.29) is 5.91 Å². The molecule has 2 fully saturated rings. The number of hydrogen-bond acceptors (Lipinski definition) is 4. The number of amides is 1. The molecule has 19 heavy (non-hydrogen) atoms. The third-order valence-corrected chi connectivity index (χ3v) is 4.24. The largest absolute Gasteiger partial charge is 0.383 e. The summed E-state index contributed by atoms with van der Waals surface area (Å²) in [4.78, 5) is 14.2. The van der Waals surface area contributed by atoms with Gasteiger partial charge in [0.1, 0.15) is 0 Å². The molecule has 2 atom stereocenters. The van der Waals surface area contributed by atoms with Crippen LogP contribution >= 0.6 is 0 Å². The third kappa shape index (κ3) is 4.44. The van der Waals surface area contributed by atoms with E-state index in [0.717, 1.165) is 6.54 Å². The lowest BCUT2D eigenvalue weighted by Crippen LogP contribution is -2.45. The fourth-order valence-corrected chi connectivity index (χ4v) is 3.24. The standard InChI is InChI=1S/C14H27N3O2/c1-19-11-8-16-14(18)5-7-15-12-6-10-17-9-3-2-4-13(12)17/h12-13,15H,2-11H2,1H3,(H,16,18). The predicted octanol–water partition coefficient (Wildman–Crippen LogP) is 0.356. The normalized spacial score (nSPS) is 27.2. The molecule has 110 valence electrons. The minimum atomic E-state index is 0.114. The number of rotatable bonds is 7. The SMILES string of the molecule is COCCNC(=O)CCNC1CCN2CCCCC12. The van der Waals surface area contributed by atoms with E-state index in [4.69, 9.17) is 4.74 Å². The van der Waals surface area contributed by atoms with E-state index < -0.39 is 0 Å². The summed E-state index contributed by atoms with van der Waals surface area (Å²) in [6.45, 7) is 4.46. The topological polar surface area (TPSA) is 53.6 Å². The monoisotopic (exact) mass is 269 g/mol. The van der Waals surface area contributed by atoms with Crippen LogP contribution in [0.15, 0.2) is 0 Å². The van der Waals surface area contributed by atoms with Crippen LogP contribution in [0, 0.1) is 0 Å². The number of carbonyl (C=O) groups is 1. The Hall–Kier alpha value is -0.650. The number of methoxy groups -OCH3 is 1. The molecule has 2 saturated heterocycles. The number of fused-ring (bicyclic) bond motifs is 1. The van der Waals surface area contributed by atoms with Crippen LogP contribution in [-0.2, 0) is 9.53 Å². The maximum Gasteiger partial charge on any atom is 0.221 e. The minimum absolute atomic E-state index is 0.114. The molecule has 2 unspecified atom stereocenters. The summed E-state index contributed by atoms with van der Waals surface area (Å²) in [5, 5.41) is 6.42. The highest BCUT2D eigenvalue weighted by atomic mass is 16.5. The molecule has 0 spiro atoms. The zero-order valence-electron chi connectivity index (χ0n) is 12.0. The third-order valence-electron chi connectivity index (χ3n) is 4.24. The fraction of sp³-hybridized carbons (Fsp3) is 0.929. The molecule has 5 nitrogen and oxygen atoms in total. The van der Waals surface area contributed by atoms with Gasteiger partial charge in [-0.15, -0.1) is 0 Å². The second-order valence-electron chi connectivity index (χ2n) is 5.54. The molecule has 5 heteroatoms. The van der Waals surface area contributed by atoms with Gasteiger partial charge in [0.15, 0.2) is 0 Å². The van der Waals surface area contributed by atoms with E-state index in [2.05, 4.69) is 15.5 Å². The van der Waals surface area contributed by atoms with Gasteiger partial charge < -0.3 is 15.4 Å². The van der Waals surface area contributed by atoms with Gasteiger partial charge in [-0.3, -0.25) is 9.69 Å². The second kappa shape index (κ2) is 7.82. The second-order valence-corrected chi connectivity index (χ2v) is 5.54. The van der Waals surface area contributed by atoms with Crippen LogP contribution < -0.4 is 10.6 Å². The van der Waals surface area contributed by atoms with Gasteiger partial charge in [-0.05, 0) is 25.8 Å². The van der Waals surface area contributed by atoms with E-state index >= 15 is 0 Å². The van der Waals surface area contributed by atoms with E-state index in [0.29, 0.717) is 31.7 Å². The number of carbonyl (C=O) groups excluding carboxylic acids is 1. The van der Waals surface area contributed by atoms with Crippen molar-refractivity contribution < 1.29 is 9.53 Å². The smallest absolute Gasteiger partial charge is 0.221 e. The molecular formula is C14H27N3O2. The molecule has 0 aromatic heterocycles. The lowest BCUT2D eigenvalue weighted by atomic mass is 9.99. The van der Waals surface area contributed by atoms with Gasteiger partial charge in [-0.2, -0.15) is 0 Å². The summed E-state index contributed by atoms with van der Waals surface area (Å²) in [6.07, 6.45) is 5.82. The first-order valence-electron chi connectivity index (χ1n) is 7.54. The first kappa shape index (κ1) is 14.8. The van der Waals surface area contributed by atoms with E-state index in [1.165, 1.54) is 38.8 Å². The molecule has 0 radical (unpaired) electrons. The van der Waals surface area contributed by atoms with Crippen LogP contribution in [0.25, 0.3) is 0 Å². The van der Waals surface area contributed by atoms with Gasteiger partial charge in [0, 0.05) is 45.2 Å². The van der Waals surface area contributed by atoms with Gasteiger partial charge in [0.05, 0.1) is 6.61 Å². The van der Waals surface area contributed by atoms with Crippen LogP contribution in [0.2, 0.25) is 0 Å². The predicted molar refractivity (Wildman–Crippen MR) is 75.1 cm³/mol. The van der Waals surface area contributed by atoms with Crippen LogP contribution in [0.3, 0.4) is 0 Å². The molecule has 0 aromatic carbocycles. The van der Waals surface area contributed by atoms with Crippen molar-refractivity contribution in [3.05, 3.63) is 0 Å². The Bertz CT molecular complexity index is 286. The average molecular weight is 269 g/mol. The van der Waals surface area contributed by atoms with Gasteiger partial charge in [0.2, 0.25) is 5.91 Å². The molecule has 1 amide bonds. The van der Waals surface area contributed by atoms with Crippen molar-refractivity contribution in [1.29, 1.82) is 0 Å². The molecule has 0 bridgehead atoms. The summed E-state index contributed by atoms with van der Waals surface area (Å²) in [6, 6.07) is 1.30. The van der Waals surface area contributed by atoms with Gasteiger partial charge in [-0.1, -0.05) is 6.42 Å². The summed E-state index contributed by atoms with van der Waals surface area (Å²) < 4.78 is 4.90. The molecule has 0 aromatic rings. The van der Waals surface area contributed by atoms with Crippen molar-refractivity contribution in [1.82, 2.24) is 15.5 Å². The van der Waals surface area contributed by atoms with Crippen molar-refractivity contribution in [2.24, 2.45) is 0 Å². The first-order chi connectivity index (χ1) is 9.31. The van der Waals surface area contributed by atoms with Gasteiger partial charge in [-0.25, -0.2) is 0 Å². The van der Waals surface area contributed by atoms with Crippen molar-refractivity contribution in [2.75, 3.05) is 39.9 Å². The van der Waals surface area contributed by atoms with Crippen molar-refractivity contribution in [2.45, 2.75) is 44.2 Å². The van der Waals surface area contributed by atoms with Crippen LogP contribution in [0.5, 0.6) is 0 Å². The van der Waals surface area contributed by atoms with Crippen molar-refractivity contribution in [3.63, 3.8) is 0 Å². The Labute approximate surface area is 116 Å². The van der Waals surface area contributed by atoms with E-state index in [1.54, 1.807) is 7.11 Å². The first-order valence-corrected chi connectivity index (χ1v) is 7.54. The molecule has 2 N–H and O–H groups in total. The Morgan fingerprint density at radius 3 is 3.00 bits per heavy atom. The molecule has 2 aliphatic heterocycles. The summed E-state index contributed by atoms with van der Waals surface area (Å²) >= 11 is 0. The molecule has 2 aliphatic rings. The lowest BCUT2D eigenvalue weighted by Gasteiger charge is -2.32. The zero-order chi connectivity index (χ0) is 13.5. The zero-order valence-corrected chi connectivity index (χ0v) is 12.0. The van der Waals surface area contributed by atoms with Crippen molar-refractivity contribution in [3.8, 4) is 0 Å². The summed E-state index contributed by atoms with van der Waals surface area (Å²) in [5.41, 5.74) is 0. The highest BCUT2D eigenvalue weighted by Crippen LogP contribution is 2.26. The Kier molecular flexibility index (Phi) is 6.07. The molecular weight excluding hydrogens is 242 g/mol. The Balaban J connectivity index is 1.59. The Morgan fingerprint density at radius 1 is 1.26 bits per heavy atom. The highest BCUT2D eigenvalue weighted by molar-refractivity contribution is 5.76. The molecule has 2 heterocycles. The number of piperidine rings is 1. The quantitative estimate of drug-likeness (QED) is 0.655. The summed E-state index contributed by atoms with van der Waals surface area (Å²) in [5.74, 6) is 0.114. The molecule has 0 aliphatic carbocycles. The average Bonchev–Trinajstić information content (AvgIpc) is 2.83. The Morgan fingerprint density at radius 2 is 2.16 bits per heavy atom. The number of nitrogens with zero attached hydrogens (tertiary/aromatic N) is 1. The highest BCUT2D eigenvalue weighted by Gasteiger charge is 2.34. The van der Waals surface area contributed by atoms with Crippen LogP contribution in [0.4, 0.5) is 0 Å². The van der Waals surface area contributed by atoms with Gasteiger partial charge in [0.25, 0.3) is 0 Å². The number of hydrogen-bond donors (Lipinski definition) is 2. The fourth-order valence-electron chi connectivity index (χ4n) is 3.24. The maximum absolute atomic E-state index is 11.6.